The highest BCUT2D eigenvalue weighted by molar-refractivity contribution is 7.18. The van der Waals surface area contributed by atoms with E-state index in [-0.39, 0.29) is 4.88 Å². The molecule has 1 rings (SSSR count). The third-order valence-corrected chi connectivity index (χ3v) is 3.87. The van der Waals surface area contributed by atoms with Gasteiger partial charge < -0.3 is 5.11 Å². The summed E-state index contributed by atoms with van der Waals surface area (Å²) in [5.74, 6) is -1.01. The fourth-order valence-corrected chi connectivity index (χ4v) is 2.84. The maximum absolute atomic E-state index is 10.7. The summed E-state index contributed by atoms with van der Waals surface area (Å²) in [4.78, 5) is 10.9. The molecular weight excluding hydrogens is 243 g/mol. The van der Waals surface area contributed by atoms with Crippen molar-refractivity contribution in [2.75, 3.05) is 0 Å². The molecule has 0 unspecified atom stereocenters. The Kier molecular flexibility index (Phi) is 4.23. The number of aromatic carboxylic acids is 1. The topological polar surface area (TPSA) is 37.3 Å². The molecule has 0 aliphatic carbocycles. The number of carboxylic acid groups (broad SMARTS) is 1. The van der Waals surface area contributed by atoms with E-state index in [4.69, 9.17) is 28.3 Å². The molecule has 0 spiro atoms. The number of thiophene rings is 1. The van der Waals surface area contributed by atoms with Crippen LogP contribution in [0.3, 0.4) is 0 Å². The molecule has 0 aliphatic rings. The SMILES string of the molecule is CCCCc1c(Cl)sc(C(=O)O)c1Cl. The molecule has 5 heteroatoms. The smallest absolute Gasteiger partial charge is 0.347 e. The number of rotatable bonds is 4. The second kappa shape index (κ2) is 5.01. The zero-order chi connectivity index (χ0) is 10.7. The van der Waals surface area contributed by atoms with Gasteiger partial charge in [0.1, 0.15) is 4.88 Å². The molecule has 0 aliphatic heterocycles. The lowest BCUT2D eigenvalue weighted by Gasteiger charge is -1.97. The summed E-state index contributed by atoms with van der Waals surface area (Å²) in [7, 11) is 0. The molecule has 2 nitrogen and oxygen atoms in total. The van der Waals surface area contributed by atoms with Crippen LogP contribution >= 0.6 is 34.5 Å². The summed E-state index contributed by atoms with van der Waals surface area (Å²) >= 11 is 12.8. The molecule has 1 aromatic rings. The van der Waals surface area contributed by atoms with Gasteiger partial charge in [0.25, 0.3) is 0 Å². The fourth-order valence-electron chi connectivity index (χ4n) is 1.12. The zero-order valence-corrected chi connectivity index (χ0v) is 9.97. The van der Waals surface area contributed by atoms with Gasteiger partial charge in [-0.1, -0.05) is 36.5 Å². The monoisotopic (exact) mass is 252 g/mol. The Balaban J connectivity index is 2.99. The van der Waals surface area contributed by atoms with E-state index >= 15 is 0 Å². The Labute approximate surface area is 96.5 Å². The van der Waals surface area contributed by atoms with Crippen LogP contribution in [0.1, 0.15) is 35.0 Å². The standard InChI is InChI=1S/C9H10Cl2O2S/c1-2-3-4-5-6(10)7(9(12)13)14-8(5)11/h2-4H2,1H3,(H,12,13). The van der Waals surface area contributed by atoms with Crippen molar-refractivity contribution in [3.8, 4) is 0 Å². The Morgan fingerprint density at radius 1 is 1.50 bits per heavy atom. The van der Waals surface area contributed by atoms with E-state index in [0.717, 1.165) is 36.2 Å². The maximum atomic E-state index is 10.7. The minimum Gasteiger partial charge on any atom is -0.477 e. The molecule has 78 valence electrons. The fraction of sp³-hybridized carbons (Fsp3) is 0.444. The van der Waals surface area contributed by atoms with Gasteiger partial charge >= 0.3 is 5.97 Å². The van der Waals surface area contributed by atoms with E-state index in [2.05, 4.69) is 6.92 Å². The lowest BCUT2D eigenvalue weighted by molar-refractivity contribution is 0.0702. The first-order chi connectivity index (χ1) is 6.57. The predicted molar refractivity (Wildman–Crippen MR) is 59.9 cm³/mol. The number of hydrogen-bond acceptors (Lipinski definition) is 2. The molecule has 0 amide bonds. The molecular formula is C9H10Cl2O2S. The molecule has 0 aromatic carbocycles. The van der Waals surface area contributed by atoms with Crippen LogP contribution in [-0.2, 0) is 6.42 Å². The van der Waals surface area contributed by atoms with Crippen LogP contribution in [0.5, 0.6) is 0 Å². The molecule has 1 heterocycles. The number of carbonyl (C=O) groups is 1. The predicted octanol–water partition coefficient (Wildman–Crippen LogP) is 4.10. The summed E-state index contributed by atoms with van der Waals surface area (Å²) in [5, 5.41) is 9.10. The van der Waals surface area contributed by atoms with Gasteiger partial charge in [0.15, 0.2) is 0 Å². The minimum absolute atomic E-state index is 0.141. The van der Waals surface area contributed by atoms with E-state index in [1.54, 1.807) is 0 Å². The first-order valence-corrected chi connectivity index (χ1v) is 5.85. The van der Waals surface area contributed by atoms with E-state index in [9.17, 15) is 4.79 Å². The Bertz CT molecular complexity index is 347. The van der Waals surface area contributed by atoms with Gasteiger partial charge in [-0.3, -0.25) is 0 Å². The average Bonchev–Trinajstić information content (AvgIpc) is 2.40. The van der Waals surface area contributed by atoms with Crippen molar-refractivity contribution in [1.29, 1.82) is 0 Å². The van der Waals surface area contributed by atoms with Gasteiger partial charge in [-0.05, 0) is 12.8 Å². The van der Waals surface area contributed by atoms with Crippen molar-refractivity contribution >= 4 is 40.5 Å². The summed E-state index contributed by atoms with van der Waals surface area (Å²) in [6.45, 7) is 2.06. The molecule has 0 radical (unpaired) electrons. The minimum atomic E-state index is -1.01. The molecule has 14 heavy (non-hydrogen) atoms. The lowest BCUT2D eigenvalue weighted by atomic mass is 10.1. The number of carboxylic acids is 1. The third-order valence-electron chi connectivity index (χ3n) is 1.87. The van der Waals surface area contributed by atoms with Crippen molar-refractivity contribution in [2.45, 2.75) is 26.2 Å². The highest BCUT2D eigenvalue weighted by atomic mass is 35.5. The average molecular weight is 253 g/mol. The molecule has 0 bridgehead atoms. The van der Waals surface area contributed by atoms with Gasteiger partial charge in [-0.2, -0.15) is 0 Å². The van der Waals surface area contributed by atoms with Crippen LogP contribution in [0.15, 0.2) is 0 Å². The Morgan fingerprint density at radius 2 is 2.14 bits per heavy atom. The molecule has 1 aromatic heterocycles. The summed E-state index contributed by atoms with van der Waals surface area (Å²) < 4.78 is 0.501. The normalized spacial score (nSPS) is 10.5. The summed E-state index contributed by atoms with van der Waals surface area (Å²) in [6, 6.07) is 0. The zero-order valence-electron chi connectivity index (χ0n) is 7.64. The number of halogens is 2. The van der Waals surface area contributed by atoms with Crippen molar-refractivity contribution in [1.82, 2.24) is 0 Å². The second-order valence-electron chi connectivity index (χ2n) is 2.91. The van der Waals surface area contributed by atoms with Crippen molar-refractivity contribution < 1.29 is 9.90 Å². The van der Waals surface area contributed by atoms with Gasteiger partial charge in [-0.25, -0.2) is 4.79 Å². The first kappa shape index (κ1) is 11.8. The molecule has 0 fully saturated rings. The number of hydrogen-bond donors (Lipinski definition) is 1. The highest BCUT2D eigenvalue weighted by Gasteiger charge is 2.19. The van der Waals surface area contributed by atoms with Gasteiger partial charge in [0, 0.05) is 5.56 Å². The Morgan fingerprint density at radius 3 is 2.57 bits per heavy atom. The molecule has 0 saturated carbocycles. The quantitative estimate of drug-likeness (QED) is 0.877. The Hall–Kier alpha value is -0.250. The van der Waals surface area contributed by atoms with Crippen LogP contribution in [-0.4, -0.2) is 11.1 Å². The largest absolute Gasteiger partial charge is 0.477 e. The lowest BCUT2D eigenvalue weighted by Crippen LogP contribution is -1.93. The van der Waals surface area contributed by atoms with Gasteiger partial charge in [0.05, 0.1) is 9.36 Å². The highest BCUT2D eigenvalue weighted by Crippen LogP contribution is 2.37. The molecule has 1 N–H and O–H groups in total. The molecule has 0 atom stereocenters. The van der Waals surface area contributed by atoms with E-state index in [1.165, 1.54) is 0 Å². The second-order valence-corrected chi connectivity index (χ2v) is 4.91. The van der Waals surface area contributed by atoms with E-state index in [1.807, 2.05) is 0 Å². The summed E-state index contributed by atoms with van der Waals surface area (Å²) in [6.07, 6.45) is 2.75. The van der Waals surface area contributed by atoms with E-state index < -0.39 is 5.97 Å². The van der Waals surface area contributed by atoms with Crippen LogP contribution in [0.2, 0.25) is 9.36 Å². The third kappa shape index (κ3) is 2.41. The van der Waals surface area contributed by atoms with Crippen LogP contribution in [0.25, 0.3) is 0 Å². The van der Waals surface area contributed by atoms with Crippen LogP contribution < -0.4 is 0 Å². The maximum Gasteiger partial charge on any atom is 0.347 e. The number of unbranched alkanes of at least 4 members (excludes halogenated alkanes) is 1. The summed E-state index contributed by atoms with van der Waals surface area (Å²) in [5.41, 5.74) is 0.776. The van der Waals surface area contributed by atoms with Gasteiger partial charge in [-0.15, -0.1) is 11.3 Å². The van der Waals surface area contributed by atoms with Gasteiger partial charge in [0.2, 0.25) is 0 Å². The van der Waals surface area contributed by atoms with E-state index in [0.29, 0.717) is 9.36 Å². The van der Waals surface area contributed by atoms with Crippen molar-refractivity contribution in [3.05, 3.63) is 19.8 Å². The van der Waals surface area contributed by atoms with Crippen LogP contribution in [0.4, 0.5) is 0 Å². The van der Waals surface area contributed by atoms with Crippen molar-refractivity contribution in [2.24, 2.45) is 0 Å². The van der Waals surface area contributed by atoms with Crippen molar-refractivity contribution in [3.63, 3.8) is 0 Å². The van der Waals surface area contributed by atoms with Crippen LogP contribution in [0, 0.1) is 0 Å². The molecule has 0 saturated heterocycles. The first-order valence-electron chi connectivity index (χ1n) is 4.27.